The molecule has 0 saturated heterocycles. The quantitative estimate of drug-likeness (QED) is 0.454. The van der Waals surface area contributed by atoms with Gasteiger partial charge in [-0.1, -0.05) is 6.07 Å². The van der Waals surface area contributed by atoms with E-state index in [1.165, 1.54) is 18.2 Å². The summed E-state index contributed by atoms with van der Waals surface area (Å²) >= 11 is 0. The number of nitro groups is 1. The largest absolute Gasteiger partial charge is 0.504 e. The molecule has 7 heteroatoms. The molecule has 0 aliphatic heterocycles. The summed E-state index contributed by atoms with van der Waals surface area (Å²) in [6, 6.07) is 7.76. The topological polar surface area (TPSA) is 95.6 Å². The van der Waals surface area contributed by atoms with Gasteiger partial charge in [0.2, 0.25) is 5.82 Å². The highest BCUT2D eigenvalue weighted by molar-refractivity contribution is 5.52. The first-order chi connectivity index (χ1) is 9.47. The minimum atomic E-state index is -0.900. The second kappa shape index (κ2) is 5.43. The predicted molar refractivity (Wildman–Crippen MR) is 70.2 cm³/mol. The van der Waals surface area contributed by atoms with E-state index in [1.807, 2.05) is 0 Å². The van der Waals surface area contributed by atoms with Crippen LogP contribution in [0.1, 0.15) is 5.56 Å². The molecule has 0 bridgehead atoms. The average Bonchev–Trinajstić information content (AvgIpc) is 2.41. The van der Waals surface area contributed by atoms with Gasteiger partial charge in [0.1, 0.15) is 0 Å². The molecular formula is C13H11FN2O4. The minimum absolute atomic E-state index is 0.230. The molecule has 2 aromatic carbocycles. The molecule has 0 aliphatic rings. The third-order valence-corrected chi connectivity index (χ3v) is 2.68. The Morgan fingerprint density at radius 1 is 1.15 bits per heavy atom. The molecule has 20 heavy (non-hydrogen) atoms. The van der Waals surface area contributed by atoms with Gasteiger partial charge in [0.05, 0.1) is 4.92 Å². The summed E-state index contributed by atoms with van der Waals surface area (Å²) in [5.41, 5.74) is 0.432. The summed E-state index contributed by atoms with van der Waals surface area (Å²) in [5, 5.41) is 32.0. The summed E-state index contributed by atoms with van der Waals surface area (Å²) in [6.07, 6.45) is 0. The number of halogens is 1. The molecule has 0 saturated carbocycles. The van der Waals surface area contributed by atoms with Crippen LogP contribution >= 0.6 is 0 Å². The molecule has 0 heterocycles. The second-order valence-corrected chi connectivity index (χ2v) is 4.10. The van der Waals surface area contributed by atoms with Gasteiger partial charge in [-0.25, -0.2) is 0 Å². The number of benzene rings is 2. The van der Waals surface area contributed by atoms with Crippen LogP contribution in [-0.4, -0.2) is 15.1 Å². The molecule has 104 valence electrons. The molecule has 0 amide bonds. The van der Waals surface area contributed by atoms with E-state index in [1.54, 1.807) is 6.07 Å². The number of aromatic hydroxyl groups is 2. The van der Waals surface area contributed by atoms with Crippen molar-refractivity contribution in [2.45, 2.75) is 6.54 Å². The number of nitrogens with zero attached hydrogens (tertiary/aromatic N) is 1. The van der Waals surface area contributed by atoms with Gasteiger partial charge in [-0.2, -0.15) is 4.39 Å². The molecule has 2 rings (SSSR count). The van der Waals surface area contributed by atoms with Gasteiger partial charge in [0.15, 0.2) is 11.5 Å². The van der Waals surface area contributed by atoms with Crippen molar-refractivity contribution in [1.29, 1.82) is 0 Å². The Bertz CT molecular complexity index is 661. The van der Waals surface area contributed by atoms with E-state index in [9.17, 15) is 19.6 Å². The van der Waals surface area contributed by atoms with Crippen LogP contribution in [0.4, 0.5) is 15.8 Å². The number of rotatable bonds is 4. The summed E-state index contributed by atoms with van der Waals surface area (Å²) in [4.78, 5) is 9.81. The Kier molecular flexibility index (Phi) is 3.69. The highest BCUT2D eigenvalue weighted by atomic mass is 19.1. The molecule has 0 radical (unpaired) electrons. The molecule has 0 fully saturated rings. The van der Waals surface area contributed by atoms with Gasteiger partial charge in [-0.05, 0) is 29.8 Å². The van der Waals surface area contributed by atoms with Crippen molar-refractivity contribution in [2.75, 3.05) is 5.32 Å². The van der Waals surface area contributed by atoms with Crippen molar-refractivity contribution in [3.63, 3.8) is 0 Å². The predicted octanol–water partition coefficient (Wildman–Crippen LogP) is 2.76. The zero-order chi connectivity index (χ0) is 14.7. The number of hydrogen-bond donors (Lipinski definition) is 3. The number of anilines is 1. The first kappa shape index (κ1) is 13.6. The summed E-state index contributed by atoms with van der Waals surface area (Å²) in [7, 11) is 0. The number of phenolic OH excluding ortho intramolecular Hbond substituents is 2. The van der Waals surface area contributed by atoms with E-state index in [0.29, 0.717) is 11.3 Å². The SMILES string of the molecule is O=[N+]([O-])c1cc(NCc2ccc(O)c(O)c2)ccc1F. The van der Waals surface area contributed by atoms with Gasteiger partial charge in [0.25, 0.3) is 0 Å². The number of hydrogen-bond acceptors (Lipinski definition) is 5. The van der Waals surface area contributed by atoms with Crippen molar-refractivity contribution >= 4 is 11.4 Å². The lowest BCUT2D eigenvalue weighted by Crippen LogP contribution is -2.01. The first-order valence-electron chi connectivity index (χ1n) is 5.66. The van der Waals surface area contributed by atoms with Crippen LogP contribution in [0.2, 0.25) is 0 Å². The molecule has 3 N–H and O–H groups in total. The van der Waals surface area contributed by atoms with Crippen molar-refractivity contribution in [3.05, 3.63) is 57.9 Å². The standard InChI is InChI=1S/C13H11FN2O4/c14-10-3-2-9(6-11(10)16(19)20)15-7-8-1-4-12(17)13(18)5-8/h1-6,15,17-18H,7H2. The van der Waals surface area contributed by atoms with Gasteiger partial charge >= 0.3 is 5.69 Å². The monoisotopic (exact) mass is 278 g/mol. The fourth-order valence-electron chi connectivity index (χ4n) is 1.65. The van der Waals surface area contributed by atoms with E-state index in [0.717, 1.165) is 12.1 Å². The molecule has 0 atom stereocenters. The molecule has 2 aromatic rings. The Hall–Kier alpha value is -2.83. The van der Waals surface area contributed by atoms with Crippen molar-refractivity contribution in [2.24, 2.45) is 0 Å². The van der Waals surface area contributed by atoms with Crippen molar-refractivity contribution < 1.29 is 19.5 Å². The maximum Gasteiger partial charge on any atom is 0.306 e. The number of phenols is 2. The molecular weight excluding hydrogens is 267 g/mol. The lowest BCUT2D eigenvalue weighted by molar-refractivity contribution is -0.387. The van der Waals surface area contributed by atoms with Crippen LogP contribution in [0.25, 0.3) is 0 Å². The third-order valence-electron chi connectivity index (χ3n) is 2.68. The third kappa shape index (κ3) is 2.94. The lowest BCUT2D eigenvalue weighted by atomic mass is 10.2. The lowest BCUT2D eigenvalue weighted by Gasteiger charge is -2.07. The number of nitro benzene ring substituents is 1. The maximum absolute atomic E-state index is 13.2. The summed E-state index contributed by atoms with van der Waals surface area (Å²) in [5.74, 6) is -1.39. The Morgan fingerprint density at radius 2 is 1.90 bits per heavy atom. The molecule has 0 unspecified atom stereocenters. The molecule has 0 spiro atoms. The maximum atomic E-state index is 13.2. The van der Waals surface area contributed by atoms with Crippen LogP contribution < -0.4 is 5.32 Å². The van der Waals surface area contributed by atoms with Crippen LogP contribution in [-0.2, 0) is 6.54 Å². The van der Waals surface area contributed by atoms with E-state index < -0.39 is 16.4 Å². The van der Waals surface area contributed by atoms with Crippen LogP contribution in [0.15, 0.2) is 36.4 Å². The zero-order valence-corrected chi connectivity index (χ0v) is 10.2. The number of nitrogens with one attached hydrogen (secondary N) is 1. The van der Waals surface area contributed by atoms with Gasteiger partial charge in [-0.3, -0.25) is 10.1 Å². The second-order valence-electron chi connectivity index (χ2n) is 4.10. The molecule has 0 aromatic heterocycles. The van der Waals surface area contributed by atoms with E-state index in [-0.39, 0.29) is 18.0 Å². The van der Waals surface area contributed by atoms with E-state index >= 15 is 0 Å². The van der Waals surface area contributed by atoms with Gasteiger partial charge < -0.3 is 15.5 Å². The first-order valence-corrected chi connectivity index (χ1v) is 5.66. The molecule has 6 nitrogen and oxygen atoms in total. The van der Waals surface area contributed by atoms with E-state index in [2.05, 4.69) is 5.32 Å². The van der Waals surface area contributed by atoms with Crippen molar-refractivity contribution in [3.8, 4) is 11.5 Å². The Morgan fingerprint density at radius 3 is 2.55 bits per heavy atom. The Balaban J connectivity index is 2.12. The van der Waals surface area contributed by atoms with Gasteiger partial charge in [0, 0.05) is 18.3 Å². The zero-order valence-electron chi connectivity index (χ0n) is 10.2. The van der Waals surface area contributed by atoms with E-state index in [4.69, 9.17) is 5.11 Å². The highest BCUT2D eigenvalue weighted by Gasteiger charge is 2.14. The average molecular weight is 278 g/mol. The fourth-order valence-corrected chi connectivity index (χ4v) is 1.65. The normalized spacial score (nSPS) is 10.2. The summed E-state index contributed by atoms with van der Waals surface area (Å²) in [6.45, 7) is 0.261. The minimum Gasteiger partial charge on any atom is -0.504 e. The molecule has 0 aliphatic carbocycles. The van der Waals surface area contributed by atoms with Crippen LogP contribution in [0, 0.1) is 15.9 Å². The fraction of sp³-hybridized carbons (Fsp3) is 0.0769. The smallest absolute Gasteiger partial charge is 0.306 e. The Labute approximate surface area is 113 Å². The van der Waals surface area contributed by atoms with Crippen molar-refractivity contribution in [1.82, 2.24) is 0 Å². The summed E-state index contributed by atoms with van der Waals surface area (Å²) < 4.78 is 13.2. The van der Waals surface area contributed by atoms with Gasteiger partial charge in [-0.15, -0.1) is 0 Å². The van der Waals surface area contributed by atoms with Crippen LogP contribution in [0.5, 0.6) is 11.5 Å². The van der Waals surface area contributed by atoms with Crippen LogP contribution in [0.3, 0.4) is 0 Å². The highest BCUT2D eigenvalue weighted by Crippen LogP contribution is 2.26.